The molecule has 0 radical (unpaired) electrons. The fraction of sp³-hybridized carbons (Fsp3) is 0.435. The van der Waals surface area contributed by atoms with Gasteiger partial charge in [-0.05, 0) is 55.7 Å². The van der Waals surface area contributed by atoms with E-state index < -0.39 is 10.0 Å². The van der Waals surface area contributed by atoms with E-state index in [1.807, 2.05) is 13.8 Å². The van der Waals surface area contributed by atoms with Crippen LogP contribution in [0.4, 0.5) is 11.4 Å². The third-order valence-electron chi connectivity index (χ3n) is 5.89. The Kier molecular flexibility index (Phi) is 6.57. The van der Waals surface area contributed by atoms with Gasteiger partial charge in [0, 0.05) is 31.7 Å². The van der Waals surface area contributed by atoms with Crippen molar-refractivity contribution in [2.45, 2.75) is 38.0 Å². The predicted octanol–water partition coefficient (Wildman–Crippen LogP) is 3.69. The van der Waals surface area contributed by atoms with E-state index in [1.165, 1.54) is 10.7 Å². The lowest BCUT2D eigenvalue weighted by atomic mass is 10.1. The smallest absolute Gasteiger partial charge is 0.255 e. The summed E-state index contributed by atoms with van der Waals surface area (Å²) in [5.74, 6) is 0.786. The Labute approximate surface area is 189 Å². The number of ether oxygens (including phenoxy) is 2. The fourth-order valence-electron chi connectivity index (χ4n) is 4.13. The van der Waals surface area contributed by atoms with Gasteiger partial charge in [0.15, 0.2) is 11.5 Å². The number of nitrogens with zero attached hydrogens (tertiary/aromatic N) is 2. The lowest BCUT2D eigenvalue weighted by molar-refractivity contribution is 0.102. The van der Waals surface area contributed by atoms with Crippen LogP contribution in [0.5, 0.6) is 11.5 Å². The van der Waals surface area contributed by atoms with E-state index in [4.69, 9.17) is 9.47 Å². The minimum absolute atomic E-state index is 0.130. The Morgan fingerprint density at radius 2 is 1.72 bits per heavy atom. The highest BCUT2D eigenvalue weighted by molar-refractivity contribution is 7.89. The van der Waals surface area contributed by atoms with Crippen molar-refractivity contribution < 1.29 is 22.7 Å². The number of piperidine rings is 1. The van der Waals surface area contributed by atoms with Gasteiger partial charge in [-0.3, -0.25) is 4.79 Å². The summed E-state index contributed by atoms with van der Waals surface area (Å²) in [6, 6.07) is 10.0. The maximum atomic E-state index is 13.1. The molecule has 2 aliphatic heterocycles. The van der Waals surface area contributed by atoms with Gasteiger partial charge < -0.3 is 19.7 Å². The Morgan fingerprint density at radius 3 is 2.44 bits per heavy atom. The quantitative estimate of drug-likeness (QED) is 0.679. The highest BCUT2D eigenvalue weighted by Crippen LogP contribution is 2.35. The van der Waals surface area contributed by atoms with Gasteiger partial charge >= 0.3 is 0 Å². The molecular formula is C23H29N3O5S. The third-order valence-corrected chi connectivity index (χ3v) is 7.94. The van der Waals surface area contributed by atoms with E-state index in [9.17, 15) is 13.2 Å². The van der Waals surface area contributed by atoms with Gasteiger partial charge in [0.1, 0.15) is 0 Å². The van der Waals surface area contributed by atoms with Crippen LogP contribution in [-0.2, 0) is 10.0 Å². The van der Waals surface area contributed by atoms with Crippen molar-refractivity contribution in [2.75, 3.05) is 43.2 Å². The molecule has 1 saturated heterocycles. The first kappa shape index (κ1) is 22.4. The molecule has 0 bridgehead atoms. The zero-order valence-corrected chi connectivity index (χ0v) is 19.3. The van der Waals surface area contributed by atoms with Crippen LogP contribution in [0.3, 0.4) is 0 Å². The zero-order valence-electron chi connectivity index (χ0n) is 18.5. The molecule has 2 aromatic rings. The number of carbonyl (C=O) groups is 1. The maximum Gasteiger partial charge on any atom is 0.255 e. The van der Waals surface area contributed by atoms with Crippen LogP contribution in [0.2, 0.25) is 0 Å². The number of nitrogens with one attached hydrogen (secondary N) is 1. The SMILES string of the molecule is CCN(CC)S(=O)(=O)c1ccc(N2CCCCC2)c(NC(=O)c2ccc3c(c2)OCO3)c1. The van der Waals surface area contributed by atoms with Crippen LogP contribution in [0.1, 0.15) is 43.5 Å². The number of anilines is 2. The molecule has 2 heterocycles. The molecule has 8 nitrogen and oxygen atoms in total. The molecule has 32 heavy (non-hydrogen) atoms. The highest BCUT2D eigenvalue weighted by atomic mass is 32.2. The van der Waals surface area contributed by atoms with Crippen LogP contribution in [0.25, 0.3) is 0 Å². The molecule has 1 amide bonds. The lowest BCUT2D eigenvalue weighted by Gasteiger charge is -2.31. The maximum absolute atomic E-state index is 13.1. The van der Waals surface area contributed by atoms with Gasteiger partial charge in [0.05, 0.1) is 16.3 Å². The summed E-state index contributed by atoms with van der Waals surface area (Å²) in [6.45, 7) is 6.25. The van der Waals surface area contributed by atoms with Crippen LogP contribution >= 0.6 is 0 Å². The van der Waals surface area contributed by atoms with Crippen molar-refractivity contribution in [1.29, 1.82) is 0 Å². The molecular weight excluding hydrogens is 430 g/mol. The van der Waals surface area contributed by atoms with Gasteiger partial charge in [0.2, 0.25) is 16.8 Å². The van der Waals surface area contributed by atoms with Gasteiger partial charge in [-0.15, -0.1) is 0 Å². The zero-order chi connectivity index (χ0) is 22.7. The lowest BCUT2D eigenvalue weighted by Crippen LogP contribution is -2.32. The molecule has 0 unspecified atom stereocenters. The first-order valence-electron chi connectivity index (χ1n) is 11.0. The Hall–Kier alpha value is -2.78. The molecule has 1 N–H and O–H groups in total. The van der Waals surface area contributed by atoms with Crippen molar-refractivity contribution in [1.82, 2.24) is 4.31 Å². The summed E-state index contributed by atoms with van der Waals surface area (Å²) in [7, 11) is -3.65. The number of amides is 1. The van der Waals surface area contributed by atoms with E-state index in [0.717, 1.165) is 31.6 Å². The first-order chi connectivity index (χ1) is 15.4. The number of carbonyl (C=O) groups excluding carboxylic acids is 1. The van der Waals surface area contributed by atoms with Crippen molar-refractivity contribution in [3.63, 3.8) is 0 Å². The summed E-state index contributed by atoms with van der Waals surface area (Å²) >= 11 is 0. The van der Waals surface area contributed by atoms with Crippen LogP contribution in [0.15, 0.2) is 41.3 Å². The van der Waals surface area contributed by atoms with Crippen molar-refractivity contribution >= 4 is 27.3 Å². The molecule has 0 spiro atoms. The fourth-order valence-corrected chi connectivity index (χ4v) is 5.62. The molecule has 172 valence electrons. The van der Waals surface area contributed by atoms with E-state index in [0.29, 0.717) is 35.8 Å². The predicted molar refractivity (Wildman–Crippen MR) is 123 cm³/mol. The van der Waals surface area contributed by atoms with Gasteiger partial charge in [-0.2, -0.15) is 4.31 Å². The van der Waals surface area contributed by atoms with E-state index >= 15 is 0 Å². The van der Waals surface area contributed by atoms with Crippen molar-refractivity contribution in [3.8, 4) is 11.5 Å². The Balaban J connectivity index is 1.69. The molecule has 9 heteroatoms. The Morgan fingerprint density at radius 1 is 1.00 bits per heavy atom. The van der Waals surface area contributed by atoms with E-state index in [2.05, 4.69) is 10.2 Å². The summed E-state index contributed by atoms with van der Waals surface area (Å²) in [4.78, 5) is 15.4. The molecule has 0 atom stereocenters. The summed E-state index contributed by atoms with van der Waals surface area (Å²) in [5, 5.41) is 2.94. The number of sulfonamides is 1. The number of fused-ring (bicyclic) bond motifs is 1. The minimum atomic E-state index is -3.65. The van der Waals surface area contributed by atoms with Crippen LogP contribution < -0.4 is 19.7 Å². The Bertz CT molecular complexity index is 1090. The van der Waals surface area contributed by atoms with Gasteiger partial charge in [-0.25, -0.2) is 8.42 Å². The second-order valence-corrected chi connectivity index (χ2v) is 9.78. The van der Waals surface area contributed by atoms with Crippen molar-refractivity contribution in [2.24, 2.45) is 0 Å². The largest absolute Gasteiger partial charge is 0.454 e. The average Bonchev–Trinajstić information content (AvgIpc) is 3.28. The second-order valence-electron chi connectivity index (χ2n) is 7.84. The van der Waals surface area contributed by atoms with Gasteiger partial charge in [-0.1, -0.05) is 13.8 Å². The number of rotatable bonds is 7. The third kappa shape index (κ3) is 4.40. The number of hydrogen-bond acceptors (Lipinski definition) is 6. The topological polar surface area (TPSA) is 88.2 Å². The molecule has 2 aliphatic rings. The normalized spacial score (nSPS) is 15.8. The van der Waals surface area contributed by atoms with E-state index in [1.54, 1.807) is 36.4 Å². The molecule has 2 aromatic carbocycles. The summed E-state index contributed by atoms with van der Waals surface area (Å²) in [5.41, 5.74) is 1.73. The first-order valence-corrected chi connectivity index (χ1v) is 12.5. The number of hydrogen-bond donors (Lipinski definition) is 1. The van der Waals surface area contributed by atoms with E-state index in [-0.39, 0.29) is 17.6 Å². The van der Waals surface area contributed by atoms with Crippen LogP contribution in [-0.4, -0.2) is 51.6 Å². The minimum Gasteiger partial charge on any atom is -0.454 e. The summed E-state index contributed by atoms with van der Waals surface area (Å²) < 4.78 is 38.3. The monoisotopic (exact) mass is 459 g/mol. The molecule has 0 saturated carbocycles. The molecule has 0 aliphatic carbocycles. The number of benzene rings is 2. The van der Waals surface area contributed by atoms with Crippen LogP contribution in [0, 0.1) is 0 Å². The van der Waals surface area contributed by atoms with Crippen molar-refractivity contribution in [3.05, 3.63) is 42.0 Å². The molecule has 1 fully saturated rings. The second kappa shape index (κ2) is 9.38. The summed E-state index contributed by atoms with van der Waals surface area (Å²) in [6.07, 6.45) is 3.30. The molecule has 0 aromatic heterocycles. The molecule has 4 rings (SSSR count). The van der Waals surface area contributed by atoms with Gasteiger partial charge in [0.25, 0.3) is 5.91 Å². The standard InChI is InChI=1S/C23H29N3O5S/c1-3-26(4-2)32(28,29)18-9-10-20(25-12-6-5-7-13-25)19(15-18)24-23(27)17-8-11-21-22(14-17)31-16-30-21/h8-11,14-15H,3-7,12-13,16H2,1-2H3,(H,24,27). The highest BCUT2D eigenvalue weighted by Gasteiger charge is 2.25. The average molecular weight is 460 g/mol.